The first kappa shape index (κ1) is 13.0. The smallest absolute Gasteiger partial charge is 0.407 e. The highest BCUT2D eigenvalue weighted by Gasteiger charge is 2.44. The van der Waals surface area contributed by atoms with Gasteiger partial charge in [-0.05, 0) is 25.0 Å². The van der Waals surface area contributed by atoms with E-state index in [0.29, 0.717) is 18.5 Å². The number of halogens is 1. The molecule has 1 aromatic rings. The fraction of sp³-hybridized carbons (Fsp3) is 0.500. The molecule has 0 aromatic heterocycles. The largest absolute Gasteiger partial charge is 0.487 e. The third-order valence-corrected chi connectivity index (χ3v) is 4.16. The second-order valence-corrected chi connectivity index (χ2v) is 5.48. The number of amides is 1. The lowest BCUT2D eigenvalue weighted by Crippen LogP contribution is -2.48. The molecule has 6 heteroatoms. The lowest BCUT2D eigenvalue weighted by atomic mass is 10.0. The topological polar surface area (TPSA) is 75.8 Å². The molecule has 0 saturated carbocycles. The second kappa shape index (κ2) is 4.85. The van der Waals surface area contributed by atoms with Crippen LogP contribution in [0.5, 0.6) is 5.75 Å². The summed E-state index contributed by atoms with van der Waals surface area (Å²) in [6.07, 6.45) is 1.96. The highest BCUT2D eigenvalue weighted by molar-refractivity contribution is 5.66. The molecule has 0 aliphatic carbocycles. The van der Waals surface area contributed by atoms with Crippen LogP contribution >= 0.6 is 0 Å². The normalized spacial score (nSPS) is 28.4. The molecule has 2 atom stereocenters. The van der Waals surface area contributed by atoms with Crippen LogP contribution in [-0.2, 0) is 0 Å². The van der Waals surface area contributed by atoms with E-state index in [0.717, 1.165) is 12.8 Å². The summed E-state index contributed by atoms with van der Waals surface area (Å²) in [5, 5.41) is 9.18. The Labute approximate surface area is 116 Å². The van der Waals surface area contributed by atoms with Gasteiger partial charge in [-0.25, -0.2) is 9.18 Å². The Bertz CT molecular complexity index is 523. The first-order valence-electron chi connectivity index (χ1n) is 6.77. The van der Waals surface area contributed by atoms with Crippen molar-refractivity contribution in [2.75, 3.05) is 5.73 Å². The molecule has 2 saturated heterocycles. The van der Waals surface area contributed by atoms with E-state index in [4.69, 9.17) is 10.5 Å². The standard InChI is InChI=1S/C14H17FN2O3/c15-12-5-8(16)1-4-13(12)20-11-6-9-2-3-10(7-11)17(9)14(18)19/h1,4-5,9-11H,2-3,6-7,16H2,(H,18,19). The van der Waals surface area contributed by atoms with Crippen LogP contribution in [0.3, 0.4) is 0 Å². The second-order valence-electron chi connectivity index (χ2n) is 5.48. The van der Waals surface area contributed by atoms with E-state index in [1.54, 1.807) is 6.07 Å². The summed E-state index contributed by atoms with van der Waals surface area (Å²) in [7, 11) is 0. The Hall–Kier alpha value is -1.98. The Morgan fingerprint density at radius 3 is 2.55 bits per heavy atom. The number of hydrogen-bond acceptors (Lipinski definition) is 3. The lowest BCUT2D eigenvalue weighted by molar-refractivity contribution is 0.0479. The van der Waals surface area contributed by atoms with Crippen LogP contribution < -0.4 is 10.5 Å². The summed E-state index contributed by atoms with van der Waals surface area (Å²) >= 11 is 0. The Morgan fingerprint density at radius 2 is 2.00 bits per heavy atom. The van der Waals surface area contributed by atoms with Crippen molar-refractivity contribution in [1.82, 2.24) is 4.90 Å². The van der Waals surface area contributed by atoms with Crippen molar-refractivity contribution in [1.29, 1.82) is 0 Å². The minimum Gasteiger partial charge on any atom is -0.487 e. The zero-order valence-corrected chi connectivity index (χ0v) is 11.0. The molecule has 2 fully saturated rings. The number of rotatable bonds is 2. The summed E-state index contributed by atoms with van der Waals surface area (Å²) in [6, 6.07) is 4.34. The first-order chi connectivity index (χ1) is 9.54. The number of hydrogen-bond donors (Lipinski definition) is 2. The number of nitrogens with two attached hydrogens (primary N) is 1. The number of carboxylic acid groups (broad SMARTS) is 1. The minimum absolute atomic E-state index is 0.00640. The van der Waals surface area contributed by atoms with Crippen LogP contribution in [0.15, 0.2) is 18.2 Å². The number of benzene rings is 1. The fourth-order valence-corrected chi connectivity index (χ4v) is 3.33. The zero-order valence-electron chi connectivity index (χ0n) is 11.0. The van der Waals surface area contributed by atoms with Gasteiger partial charge in [0.05, 0.1) is 0 Å². The molecular weight excluding hydrogens is 263 g/mol. The summed E-state index contributed by atoms with van der Waals surface area (Å²) in [5.74, 6) is -0.287. The van der Waals surface area contributed by atoms with Gasteiger partial charge in [0.1, 0.15) is 6.10 Å². The van der Waals surface area contributed by atoms with Crippen molar-refractivity contribution in [3.8, 4) is 5.75 Å². The van der Waals surface area contributed by atoms with E-state index in [9.17, 15) is 14.3 Å². The maximum absolute atomic E-state index is 13.7. The van der Waals surface area contributed by atoms with E-state index in [1.807, 2.05) is 0 Å². The van der Waals surface area contributed by atoms with Gasteiger partial charge in [0.15, 0.2) is 11.6 Å². The molecule has 1 aromatic carbocycles. The highest BCUT2D eigenvalue weighted by atomic mass is 19.1. The minimum atomic E-state index is -0.866. The SMILES string of the molecule is Nc1ccc(OC2CC3CCC(C2)N3C(=O)O)c(F)c1. The molecule has 0 radical (unpaired) electrons. The third kappa shape index (κ3) is 2.26. The quantitative estimate of drug-likeness (QED) is 0.816. The molecule has 2 heterocycles. The molecule has 2 aliphatic heterocycles. The Morgan fingerprint density at radius 1 is 1.35 bits per heavy atom. The Kier molecular flexibility index (Phi) is 3.16. The van der Waals surface area contributed by atoms with E-state index in [1.165, 1.54) is 17.0 Å². The number of carbonyl (C=O) groups is 1. The average Bonchev–Trinajstić information content (AvgIpc) is 2.65. The molecular formula is C14H17FN2O3. The van der Waals surface area contributed by atoms with E-state index < -0.39 is 11.9 Å². The van der Waals surface area contributed by atoms with Crippen LogP contribution in [0.1, 0.15) is 25.7 Å². The van der Waals surface area contributed by atoms with Crippen LogP contribution in [0.2, 0.25) is 0 Å². The van der Waals surface area contributed by atoms with Gasteiger partial charge in [0.25, 0.3) is 0 Å². The van der Waals surface area contributed by atoms with Crippen molar-refractivity contribution >= 4 is 11.8 Å². The third-order valence-electron chi connectivity index (χ3n) is 4.16. The van der Waals surface area contributed by atoms with Gasteiger partial charge in [0, 0.05) is 36.7 Å². The molecule has 2 aliphatic rings. The van der Waals surface area contributed by atoms with E-state index in [-0.39, 0.29) is 23.9 Å². The van der Waals surface area contributed by atoms with Crippen molar-refractivity contribution in [3.63, 3.8) is 0 Å². The summed E-state index contributed by atoms with van der Waals surface area (Å²) in [5.41, 5.74) is 5.86. The first-order valence-corrected chi connectivity index (χ1v) is 6.77. The number of nitrogen functional groups attached to an aromatic ring is 1. The average molecular weight is 280 g/mol. The van der Waals surface area contributed by atoms with Crippen molar-refractivity contribution in [3.05, 3.63) is 24.0 Å². The van der Waals surface area contributed by atoms with E-state index in [2.05, 4.69) is 0 Å². The van der Waals surface area contributed by atoms with Gasteiger partial charge < -0.3 is 20.5 Å². The van der Waals surface area contributed by atoms with Gasteiger partial charge in [-0.15, -0.1) is 0 Å². The van der Waals surface area contributed by atoms with Crippen LogP contribution in [0, 0.1) is 5.82 Å². The maximum Gasteiger partial charge on any atom is 0.407 e. The van der Waals surface area contributed by atoms with Crippen LogP contribution in [-0.4, -0.2) is 34.3 Å². The summed E-state index contributed by atoms with van der Waals surface area (Å²) < 4.78 is 19.4. The van der Waals surface area contributed by atoms with Crippen LogP contribution in [0.25, 0.3) is 0 Å². The predicted molar refractivity (Wildman–Crippen MR) is 71.1 cm³/mol. The van der Waals surface area contributed by atoms with Crippen LogP contribution in [0.4, 0.5) is 14.9 Å². The van der Waals surface area contributed by atoms with E-state index >= 15 is 0 Å². The van der Waals surface area contributed by atoms with Crippen molar-refractivity contribution in [2.24, 2.45) is 0 Å². The number of nitrogens with zero attached hydrogens (tertiary/aromatic N) is 1. The summed E-state index contributed by atoms with van der Waals surface area (Å²) in [4.78, 5) is 12.7. The van der Waals surface area contributed by atoms with Gasteiger partial charge in [-0.3, -0.25) is 0 Å². The molecule has 0 spiro atoms. The molecule has 2 unspecified atom stereocenters. The van der Waals surface area contributed by atoms with Gasteiger partial charge >= 0.3 is 6.09 Å². The van der Waals surface area contributed by atoms with Gasteiger partial charge in [0.2, 0.25) is 0 Å². The monoisotopic (exact) mass is 280 g/mol. The maximum atomic E-state index is 13.7. The molecule has 3 N–H and O–H groups in total. The molecule has 108 valence electrons. The number of fused-ring (bicyclic) bond motifs is 2. The number of piperidine rings is 1. The molecule has 5 nitrogen and oxygen atoms in total. The van der Waals surface area contributed by atoms with Gasteiger partial charge in [-0.2, -0.15) is 0 Å². The number of anilines is 1. The molecule has 1 amide bonds. The zero-order chi connectivity index (χ0) is 14.3. The Balaban J connectivity index is 1.70. The van der Waals surface area contributed by atoms with Crippen molar-refractivity contribution < 1.29 is 19.0 Å². The lowest BCUT2D eigenvalue weighted by Gasteiger charge is -2.37. The molecule has 2 bridgehead atoms. The highest BCUT2D eigenvalue weighted by Crippen LogP contribution is 2.37. The predicted octanol–water partition coefficient (Wildman–Crippen LogP) is 2.46. The van der Waals surface area contributed by atoms with Gasteiger partial charge in [-0.1, -0.05) is 0 Å². The molecule has 3 rings (SSSR count). The summed E-state index contributed by atoms with van der Waals surface area (Å²) in [6.45, 7) is 0. The van der Waals surface area contributed by atoms with Crippen molar-refractivity contribution in [2.45, 2.75) is 43.9 Å². The number of ether oxygens (including phenoxy) is 1. The fourth-order valence-electron chi connectivity index (χ4n) is 3.33. The molecule has 20 heavy (non-hydrogen) atoms.